The van der Waals surface area contributed by atoms with Crippen molar-refractivity contribution in [1.29, 1.82) is 0 Å². The number of rotatable bonds is 9. The van der Waals surface area contributed by atoms with Crippen molar-refractivity contribution in [2.24, 2.45) is 0 Å². The van der Waals surface area contributed by atoms with Crippen molar-refractivity contribution in [3.8, 4) is 11.5 Å². The van der Waals surface area contributed by atoms with Gasteiger partial charge in [0.05, 0.1) is 38.1 Å². The molecule has 1 rings (SSSR count). The fraction of sp³-hybridized carbons (Fsp3) is 0.625. The van der Waals surface area contributed by atoms with Gasteiger partial charge in [0.1, 0.15) is 11.5 Å². The standard InChI is InChI=1S/C16H26BrO5P/c1-7-21-23(18,22-8-2)10-12-9-13(19-5)14(11(3)4)16(20-6)15(12)17/h9,11H,7-8,10H2,1-6H3. The van der Waals surface area contributed by atoms with E-state index in [1.54, 1.807) is 28.1 Å². The molecule has 0 N–H and O–H groups in total. The fourth-order valence-electron chi connectivity index (χ4n) is 2.44. The Morgan fingerprint density at radius 1 is 1.13 bits per heavy atom. The molecule has 0 aliphatic heterocycles. The van der Waals surface area contributed by atoms with Crippen LogP contribution in [-0.2, 0) is 19.8 Å². The molecular weight excluding hydrogens is 383 g/mol. The Morgan fingerprint density at radius 3 is 2.09 bits per heavy atom. The smallest absolute Gasteiger partial charge is 0.335 e. The van der Waals surface area contributed by atoms with Gasteiger partial charge in [-0.3, -0.25) is 4.57 Å². The van der Waals surface area contributed by atoms with E-state index in [4.69, 9.17) is 18.5 Å². The number of methoxy groups -OCH3 is 2. The highest BCUT2D eigenvalue weighted by Crippen LogP contribution is 2.54. The van der Waals surface area contributed by atoms with Gasteiger partial charge in [-0.15, -0.1) is 0 Å². The van der Waals surface area contributed by atoms with Crippen LogP contribution in [0, 0.1) is 0 Å². The molecular formula is C16H26BrO5P. The van der Waals surface area contributed by atoms with E-state index in [0.717, 1.165) is 15.6 Å². The zero-order valence-electron chi connectivity index (χ0n) is 14.6. The molecule has 5 nitrogen and oxygen atoms in total. The second-order valence-corrected chi connectivity index (χ2v) is 8.11. The monoisotopic (exact) mass is 408 g/mol. The van der Waals surface area contributed by atoms with Gasteiger partial charge in [-0.05, 0) is 47.3 Å². The second-order valence-electron chi connectivity index (χ2n) is 5.26. The summed E-state index contributed by atoms with van der Waals surface area (Å²) in [7, 11) is 0.0163. The molecule has 0 amide bonds. The number of benzene rings is 1. The second kappa shape index (κ2) is 9.07. The molecule has 0 aliphatic carbocycles. The van der Waals surface area contributed by atoms with Gasteiger partial charge >= 0.3 is 7.60 Å². The summed E-state index contributed by atoms with van der Waals surface area (Å²) < 4.78 is 35.4. The highest BCUT2D eigenvalue weighted by Gasteiger charge is 2.28. The number of halogens is 1. The third-order valence-corrected chi connectivity index (χ3v) is 6.21. The number of ether oxygens (including phenoxy) is 2. The maximum atomic E-state index is 12.8. The fourth-order valence-corrected chi connectivity index (χ4v) is 4.99. The van der Waals surface area contributed by atoms with Gasteiger partial charge in [-0.2, -0.15) is 0 Å². The molecule has 0 atom stereocenters. The van der Waals surface area contributed by atoms with E-state index in [2.05, 4.69) is 29.8 Å². The molecule has 0 saturated carbocycles. The Morgan fingerprint density at radius 2 is 1.70 bits per heavy atom. The van der Waals surface area contributed by atoms with Crippen LogP contribution in [0.5, 0.6) is 11.5 Å². The molecule has 0 heterocycles. The van der Waals surface area contributed by atoms with Crippen molar-refractivity contribution in [2.45, 2.75) is 39.8 Å². The van der Waals surface area contributed by atoms with Crippen LogP contribution in [0.4, 0.5) is 0 Å². The van der Waals surface area contributed by atoms with Gasteiger partial charge in [0.15, 0.2) is 0 Å². The molecule has 23 heavy (non-hydrogen) atoms. The minimum Gasteiger partial charge on any atom is -0.496 e. The van der Waals surface area contributed by atoms with Crippen LogP contribution in [0.25, 0.3) is 0 Å². The van der Waals surface area contributed by atoms with Crippen molar-refractivity contribution in [3.63, 3.8) is 0 Å². The van der Waals surface area contributed by atoms with Gasteiger partial charge in [-0.25, -0.2) is 0 Å². The molecule has 0 unspecified atom stereocenters. The van der Waals surface area contributed by atoms with Crippen LogP contribution in [0.1, 0.15) is 44.7 Å². The van der Waals surface area contributed by atoms with E-state index in [9.17, 15) is 4.57 Å². The zero-order chi connectivity index (χ0) is 17.6. The summed E-state index contributed by atoms with van der Waals surface area (Å²) in [5.74, 6) is 1.61. The van der Waals surface area contributed by atoms with Gasteiger partial charge in [0, 0.05) is 5.56 Å². The lowest BCUT2D eigenvalue weighted by Crippen LogP contribution is -2.04. The van der Waals surface area contributed by atoms with E-state index in [1.165, 1.54) is 0 Å². The first-order valence-corrected chi connectivity index (χ1v) is 10.2. The average Bonchev–Trinajstić information content (AvgIpc) is 2.48. The van der Waals surface area contributed by atoms with Crippen molar-refractivity contribution in [3.05, 3.63) is 21.7 Å². The highest BCUT2D eigenvalue weighted by atomic mass is 79.9. The SMILES string of the molecule is CCOP(=O)(Cc1cc(OC)c(C(C)C)c(OC)c1Br)OCC. The largest absolute Gasteiger partial charge is 0.496 e. The topological polar surface area (TPSA) is 54.0 Å². The van der Waals surface area contributed by atoms with Gasteiger partial charge in [-0.1, -0.05) is 13.8 Å². The minimum atomic E-state index is -3.21. The van der Waals surface area contributed by atoms with E-state index in [0.29, 0.717) is 24.7 Å². The summed E-state index contributed by atoms with van der Waals surface area (Å²) in [5, 5.41) is 0. The summed E-state index contributed by atoms with van der Waals surface area (Å²) in [6, 6.07) is 1.87. The molecule has 0 spiro atoms. The minimum absolute atomic E-state index is 0.153. The van der Waals surface area contributed by atoms with Crippen LogP contribution in [0.3, 0.4) is 0 Å². The molecule has 1 aromatic rings. The predicted octanol–water partition coefficient (Wildman–Crippen LogP) is 5.36. The lowest BCUT2D eigenvalue weighted by atomic mass is 9.99. The molecule has 0 radical (unpaired) electrons. The highest BCUT2D eigenvalue weighted by molar-refractivity contribution is 9.10. The van der Waals surface area contributed by atoms with Crippen LogP contribution in [0.15, 0.2) is 10.5 Å². The first kappa shape index (κ1) is 20.5. The van der Waals surface area contributed by atoms with Crippen LogP contribution < -0.4 is 9.47 Å². The Balaban J connectivity index is 3.40. The summed E-state index contributed by atoms with van der Waals surface area (Å²) in [6.45, 7) is 8.38. The zero-order valence-corrected chi connectivity index (χ0v) is 17.1. The molecule has 0 saturated heterocycles. The maximum absolute atomic E-state index is 12.8. The molecule has 132 valence electrons. The maximum Gasteiger partial charge on any atom is 0.335 e. The van der Waals surface area contributed by atoms with Crippen LogP contribution >= 0.6 is 23.5 Å². The molecule has 0 aromatic heterocycles. The Bertz CT molecular complexity index is 564. The molecule has 0 bridgehead atoms. The Kier molecular flexibility index (Phi) is 8.08. The summed E-state index contributed by atoms with van der Waals surface area (Å²) >= 11 is 3.57. The van der Waals surface area contributed by atoms with Gasteiger partial charge in [0.2, 0.25) is 0 Å². The summed E-state index contributed by atoms with van der Waals surface area (Å²) in [6.07, 6.45) is 0.153. The van der Waals surface area contributed by atoms with Crippen molar-refractivity contribution in [2.75, 3.05) is 27.4 Å². The number of hydrogen-bond donors (Lipinski definition) is 0. The van der Waals surface area contributed by atoms with Crippen molar-refractivity contribution >= 4 is 23.5 Å². The quantitative estimate of drug-likeness (QED) is 0.515. The summed E-state index contributed by atoms with van der Waals surface area (Å²) in [4.78, 5) is 0. The Labute approximate surface area is 147 Å². The molecule has 1 aromatic carbocycles. The third kappa shape index (κ3) is 4.96. The van der Waals surface area contributed by atoms with E-state index in [-0.39, 0.29) is 12.1 Å². The van der Waals surface area contributed by atoms with Gasteiger partial charge < -0.3 is 18.5 Å². The molecule has 7 heteroatoms. The summed E-state index contributed by atoms with van der Waals surface area (Å²) in [5.41, 5.74) is 1.74. The van der Waals surface area contributed by atoms with Gasteiger partial charge in [0.25, 0.3) is 0 Å². The molecule has 0 aliphatic rings. The van der Waals surface area contributed by atoms with Crippen LogP contribution in [0.2, 0.25) is 0 Å². The van der Waals surface area contributed by atoms with Crippen molar-refractivity contribution < 1.29 is 23.1 Å². The lowest BCUT2D eigenvalue weighted by molar-refractivity contribution is 0.219. The van der Waals surface area contributed by atoms with E-state index in [1.807, 2.05) is 6.07 Å². The normalized spacial score (nSPS) is 11.8. The first-order valence-electron chi connectivity index (χ1n) is 7.64. The molecule has 0 fully saturated rings. The number of hydrogen-bond acceptors (Lipinski definition) is 5. The lowest BCUT2D eigenvalue weighted by Gasteiger charge is -2.22. The third-order valence-electron chi connectivity index (χ3n) is 3.31. The predicted molar refractivity (Wildman–Crippen MR) is 95.9 cm³/mol. The first-order chi connectivity index (χ1) is 10.8. The average molecular weight is 409 g/mol. The van der Waals surface area contributed by atoms with Crippen LogP contribution in [-0.4, -0.2) is 27.4 Å². The van der Waals surface area contributed by atoms with E-state index < -0.39 is 7.60 Å². The van der Waals surface area contributed by atoms with Crippen molar-refractivity contribution in [1.82, 2.24) is 0 Å². The van der Waals surface area contributed by atoms with E-state index >= 15 is 0 Å². The Hall–Kier alpha value is -0.550.